The fourth-order valence-electron chi connectivity index (χ4n) is 3.06. The SMILES string of the molecule is CC1CN(CC(C)(C)O)CCN1Cc1cc(CO)ccc1F. The van der Waals surface area contributed by atoms with Crippen molar-refractivity contribution in [1.29, 1.82) is 0 Å². The van der Waals surface area contributed by atoms with E-state index in [1.54, 1.807) is 12.1 Å². The van der Waals surface area contributed by atoms with Crippen LogP contribution in [0.25, 0.3) is 0 Å². The van der Waals surface area contributed by atoms with E-state index in [0.717, 1.165) is 25.2 Å². The molecule has 1 atom stereocenters. The van der Waals surface area contributed by atoms with E-state index in [2.05, 4.69) is 16.7 Å². The second-order valence-electron chi connectivity index (χ2n) is 6.95. The fraction of sp³-hybridized carbons (Fsp3) is 0.647. The smallest absolute Gasteiger partial charge is 0.127 e. The van der Waals surface area contributed by atoms with Gasteiger partial charge in [0.25, 0.3) is 0 Å². The van der Waals surface area contributed by atoms with Crippen LogP contribution in [0, 0.1) is 5.82 Å². The van der Waals surface area contributed by atoms with Crippen molar-refractivity contribution in [1.82, 2.24) is 9.80 Å². The summed E-state index contributed by atoms with van der Waals surface area (Å²) in [6.07, 6.45) is 0. The molecule has 0 radical (unpaired) electrons. The van der Waals surface area contributed by atoms with E-state index in [-0.39, 0.29) is 12.4 Å². The van der Waals surface area contributed by atoms with Gasteiger partial charge in [0.15, 0.2) is 0 Å². The molecular formula is C17H27FN2O2. The van der Waals surface area contributed by atoms with Gasteiger partial charge in [-0.05, 0) is 38.5 Å². The summed E-state index contributed by atoms with van der Waals surface area (Å²) in [7, 11) is 0. The van der Waals surface area contributed by atoms with Gasteiger partial charge in [-0.2, -0.15) is 0 Å². The minimum absolute atomic E-state index is 0.0673. The summed E-state index contributed by atoms with van der Waals surface area (Å²) in [6.45, 7) is 9.49. The molecule has 0 saturated carbocycles. The van der Waals surface area contributed by atoms with Crippen molar-refractivity contribution in [2.75, 3.05) is 26.2 Å². The van der Waals surface area contributed by atoms with E-state index < -0.39 is 5.60 Å². The number of β-amino-alcohol motifs (C(OH)–C–C–N with tert-alkyl or cyclic N) is 1. The number of rotatable bonds is 5. The van der Waals surface area contributed by atoms with E-state index in [0.29, 0.717) is 24.7 Å². The molecule has 0 aliphatic carbocycles. The maximum atomic E-state index is 13.9. The Bertz CT molecular complexity index is 502. The molecule has 22 heavy (non-hydrogen) atoms. The van der Waals surface area contributed by atoms with Crippen molar-refractivity contribution in [2.24, 2.45) is 0 Å². The fourth-order valence-corrected chi connectivity index (χ4v) is 3.06. The Morgan fingerprint density at radius 2 is 2.05 bits per heavy atom. The van der Waals surface area contributed by atoms with Crippen molar-refractivity contribution in [3.05, 3.63) is 35.1 Å². The molecule has 5 heteroatoms. The van der Waals surface area contributed by atoms with Crippen LogP contribution >= 0.6 is 0 Å². The van der Waals surface area contributed by atoms with Gasteiger partial charge in [-0.1, -0.05) is 6.07 Å². The van der Waals surface area contributed by atoms with Crippen LogP contribution in [0.3, 0.4) is 0 Å². The third-order valence-electron chi connectivity index (χ3n) is 4.13. The largest absolute Gasteiger partial charge is 0.392 e. The third kappa shape index (κ3) is 4.74. The van der Waals surface area contributed by atoms with E-state index in [1.807, 2.05) is 13.8 Å². The zero-order valence-corrected chi connectivity index (χ0v) is 13.7. The predicted molar refractivity (Wildman–Crippen MR) is 84.9 cm³/mol. The minimum atomic E-state index is -0.691. The molecule has 1 aliphatic rings. The summed E-state index contributed by atoms with van der Waals surface area (Å²) < 4.78 is 13.9. The van der Waals surface area contributed by atoms with Crippen molar-refractivity contribution in [2.45, 2.75) is 45.6 Å². The second kappa shape index (κ2) is 7.04. The molecule has 1 aromatic rings. The average molecular weight is 310 g/mol. The minimum Gasteiger partial charge on any atom is -0.392 e. The lowest BCUT2D eigenvalue weighted by Crippen LogP contribution is -2.54. The number of hydrogen-bond acceptors (Lipinski definition) is 4. The highest BCUT2D eigenvalue weighted by Gasteiger charge is 2.27. The second-order valence-corrected chi connectivity index (χ2v) is 6.95. The number of piperazine rings is 1. The molecular weight excluding hydrogens is 283 g/mol. The Morgan fingerprint density at radius 3 is 2.64 bits per heavy atom. The van der Waals surface area contributed by atoms with Crippen LogP contribution in [0.2, 0.25) is 0 Å². The molecule has 1 fully saturated rings. The molecule has 4 nitrogen and oxygen atoms in total. The van der Waals surface area contributed by atoms with E-state index in [9.17, 15) is 14.6 Å². The highest BCUT2D eigenvalue weighted by Crippen LogP contribution is 2.18. The Kier molecular flexibility index (Phi) is 5.55. The van der Waals surface area contributed by atoms with Gasteiger partial charge in [-0.15, -0.1) is 0 Å². The first kappa shape index (κ1) is 17.3. The predicted octanol–water partition coefficient (Wildman–Crippen LogP) is 1.59. The van der Waals surface area contributed by atoms with Crippen molar-refractivity contribution < 1.29 is 14.6 Å². The monoisotopic (exact) mass is 310 g/mol. The first-order valence-corrected chi connectivity index (χ1v) is 7.85. The summed E-state index contributed by atoms with van der Waals surface area (Å²) in [5, 5.41) is 19.1. The molecule has 124 valence electrons. The Morgan fingerprint density at radius 1 is 1.32 bits per heavy atom. The molecule has 0 amide bonds. The molecule has 1 heterocycles. The van der Waals surface area contributed by atoms with Crippen molar-refractivity contribution in [3.63, 3.8) is 0 Å². The normalized spacial score (nSPS) is 21.3. The van der Waals surface area contributed by atoms with Crippen LogP contribution in [0.1, 0.15) is 31.9 Å². The van der Waals surface area contributed by atoms with Crippen molar-refractivity contribution in [3.8, 4) is 0 Å². The average Bonchev–Trinajstić information content (AvgIpc) is 2.42. The Balaban J connectivity index is 1.98. The molecule has 2 rings (SSSR count). The number of hydrogen-bond donors (Lipinski definition) is 2. The summed E-state index contributed by atoms with van der Waals surface area (Å²) >= 11 is 0. The van der Waals surface area contributed by atoms with Gasteiger partial charge in [0.1, 0.15) is 5.82 Å². The Labute approximate surface area is 132 Å². The lowest BCUT2D eigenvalue weighted by atomic mass is 10.1. The van der Waals surface area contributed by atoms with E-state index in [1.165, 1.54) is 6.07 Å². The first-order valence-electron chi connectivity index (χ1n) is 7.85. The van der Waals surface area contributed by atoms with Crippen LogP contribution in [-0.4, -0.2) is 57.8 Å². The lowest BCUT2D eigenvalue weighted by Gasteiger charge is -2.41. The molecule has 1 aromatic carbocycles. The van der Waals surface area contributed by atoms with Crippen LogP contribution in [0.15, 0.2) is 18.2 Å². The zero-order valence-electron chi connectivity index (χ0n) is 13.7. The summed E-state index contributed by atoms with van der Waals surface area (Å²) in [4.78, 5) is 4.50. The van der Waals surface area contributed by atoms with E-state index >= 15 is 0 Å². The standard InChI is InChI=1S/C17H27FN2O2/c1-13-9-19(12-17(2,3)22)6-7-20(13)10-15-8-14(11-21)4-5-16(15)18/h4-5,8,13,21-22H,6-7,9-12H2,1-3H3. The van der Waals surface area contributed by atoms with Gasteiger partial charge in [0, 0.05) is 44.3 Å². The zero-order chi connectivity index (χ0) is 16.3. The number of nitrogens with zero attached hydrogens (tertiary/aromatic N) is 2. The molecule has 0 spiro atoms. The molecule has 2 N–H and O–H groups in total. The molecule has 1 aliphatic heterocycles. The lowest BCUT2D eigenvalue weighted by molar-refractivity contribution is 0.00178. The molecule has 0 aromatic heterocycles. The number of aliphatic hydroxyl groups excluding tert-OH is 1. The number of benzene rings is 1. The highest BCUT2D eigenvalue weighted by molar-refractivity contribution is 5.24. The third-order valence-corrected chi connectivity index (χ3v) is 4.13. The van der Waals surface area contributed by atoms with Gasteiger partial charge in [0.2, 0.25) is 0 Å². The number of halogens is 1. The van der Waals surface area contributed by atoms with Crippen LogP contribution in [0.4, 0.5) is 4.39 Å². The van der Waals surface area contributed by atoms with Crippen LogP contribution < -0.4 is 0 Å². The van der Waals surface area contributed by atoms with Crippen LogP contribution in [0.5, 0.6) is 0 Å². The maximum absolute atomic E-state index is 13.9. The summed E-state index contributed by atoms with van der Waals surface area (Å²) in [6, 6.07) is 5.08. The van der Waals surface area contributed by atoms with Gasteiger partial charge in [-0.3, -0.25) is 9.80 Å². The van der Waals surface area contributed by atoms with Gasteiger partial charge >= 0.3 is 0 Å². The topological polar surface area (TPSA) is 46.9 Å². The maximum Gasteiger partial charge on any atom is 0.127 e. The number of aliphatic hydroxyl groups is 2. The molecule has 1 saturated heterocycles. The van der Waals surface area contributed by atoms with Gasteiger partial charge in [0.05, 0.1) is 12.2 Å². The van der Waals surface area contributed by atoms with Crippen LogP contribution in [-0.2, 0) is 13.2 Å². The van der Waals surface area contributed by atoms with Gasteiger partial charge < -0.3 is 10.2 Å². The van der Waals surface area contributed by atoms with Crippen molar-refractivity contribution >= 4 is 0 Å². The van der Waals surface area contributed by atoms with E-state index in [4.69, 9.17) is 0 Å². The highest BCUT2D eigenvalue weighted by atomic mass is 19.1. The quantitative estimate of drug-likeness (QED) is 0.867. The Hall–Kier alpha value is -1.01. The molecule has 1 unspecified atom stereocenters. The summed E-state index contributed by atoms with van der Waals surface area (Å²) in [5.41, 5.74) is 0.683. The summed E-state index contributed by atoms with van der Waals surface area (Å²) in [5.74, 6) is -0.219. The molecule has 0 bridgehead atoms. The first-order chi connectivity index (χ1) is 10.3. The van der Waals surface area contributed by atoms with Gasteiger partial charge in [-0.25, -0.2) is 4.39 Å².